The minimum absolute atomic E-state index is 0.0691. The number of hydrogen-bond acceptors (Lipinski definition) is 3. The van der Waals surface area contributed by atoms with Crippen molar-refractivity contribution in [2.45, 2.75) is 6.42 Å². The molecule has 1 amide bonds. The van der Waals surface area contributed by atoms with E-state index in [1.54, 1.807) is 16.2 Å². The number of amidine groups is 1. The fourth-order valence-electron chi connectivity index (χ4n) is 2.96. The first-order valence-electron chi connectivity index (χ1n) is 8.66. The van der Waals surface area contributed by atoms with Crippen molar-refractivity contribution >= 4 is 40.8 Å². The second-order valence-corrected chi connectivity index (χ2v) is 7.64. The topological polar surface area (TPSA) is 32.7 Å². The first-order chi connectivity index (χ1) is 13.2. The number of amides is 1. The maximum Gasteiger partial charge on any atom is 0.278 e. The van der Waals surface area contributed by atoms with E-state index in [0.29, 0.717) is 23.1 Å². The van der Waals surface area contributed by atoms with Crippen LogP contribution in [0.15, 0.2) is 82.8 Å². The van der Waals surface area contributed by atoms with Crippen molar-refractivity contribution < 1.29 is 4.79 Å². The lowest BCUT2D eigenvalue weighted by molar-refractivity contribution is -0.122. The Hall–Kier alpha value is -2.69. The van der Waals surface area contributed by atoms with Gasteiger partial charge >= 0.3 is 0 Å². The van der Waals surface area contributed by atoms with Crippen LogP contribution in [0.25, 0.3) is 6.08 Å². The quantitative estimate of drug-likeness (QED) is 0.544. The molecule has 1 aromatic heterocycles. The third-order valence-corrected chi connectivity index (χ3v) is 5.50. The highest BCUT2D eigenvalue weighted by Gasteiger charge is 2.30. The van der Waals surface area contributed by atoms with Gasteiger partial charge in [0.15, 0.2) is 0 Å². The van der Waals surface area contributed by atoms with Crippen LogP contribution >= 0.6 is 22.9 Å². The molecule has 2 heterocycles. The number of hydrogen-bond donors (Lipinski definition) is 0. The Morgan fingerprint density at radius 1 is 1.00 bits per heavy atom. The number of carbonyl (C=O) groups excluding carboxylic acids is 1. The van der Waals surface area contributed by atoms with Crippen LogP contribution in [0.1, 0.15) is 16.0 Å². The summed E-state index contributed by atoms with van der Waals surface area (Å²) in [5.41, 5.74) is 2.29. The van der Waals surface area contributed by atoms with Gasteiger partial charge in [0.25, 0.3) is 5.91 Å². The number of thiophene rings is 1. The number of halogens is 1. The number of aliphatic imine (C=N–C) groups is 1. The lowest BCUT2D eigenvalue weighted by Gasteiger charge is -2.18. The van der Waals surface area contributed by atoms with Gasteiger partial charge in [0.1, 0.15) is 11.5 Å². The summed E-state index contributed by atoms with van der Waals surface area (Å²) in [6.45, 7) is 0.602. The average Bonchev–Trinajstić information content (AvgIpc) is 3.31. The SMILES string of the molecule is O=C1/C(=C\c2ccc(Cl)cc2)N=C(c2ccccc2)N1CCc1cccs1. The summed E-state index contributed by atoms with van der Waals surface area (Å²) >= 11 is 7.66. The molecule has 5 heteroatoms. The lowest BCUT2D eigenvalue weighted by Crippen LogP contribution is -2.34. The van der Waals surface area contributed by atoms with Crippen LogP contribution in [0.5, 0.6) is 0 Å². The van der Waals surface area contributed by atoms with Gasteiger partial charge in [-0.15, -0.1) is 11.3 Å². The van der Waals surface area contributed by atoms with E-state index in [9.17, 15) is 4.79 Å². The fourth-order valence-corrected chi connectivity index (χ4v) is 3.78. The average molecular weight is 393 g/mol. The van der Waals surface area contributed by atoms with Gasteiger partial charge in [-0.05, 0) is 41.6 Å². The molecule has 134 valence electrons. The molecule has 1 aliphatic rings. The molecule has 0 N–H and O–H groups in total. The Kier molecular flexibility index (Phi) is 5.19. The largest absolute Gasteiger partial charge is 0.290 e. The Bertz CT molecular complexity index is 993. The summed E-state index contributed by atoms with van der Waals surface area (Å²) in [6.07, 6.45) is 2.62. The number of rotatable bonds is 5. The lowest BCUT2D eigenvalue weighted by atomic mass is 10.2. The van der Waals surface area contributed by atoms with E-state index in [1.165, 1.54) is 4.88 Å². The zero-order valence-electron chi connectivity index (χ0n) is 14.5. The highest BCUT2D eigenvalue weighted by Crippen LogP contribution is 2.23. The van der Waals surface area contributed by atoms with Crippen molar-refractivity contribution in [2.75, 3.05) is 6.54 Å². The predicted octanol–water partition coefficient (Wildman–Crippen LogP) is 5.27. The van der Waals surface area contributed by atoms with Gasteiger partial charge in [-0.2, -0.15) is 0 Å². The van der Waals surface area contributed by atoms with E-state index in [0.717, 1.165) is 17.5 Å². The molecule has 3 aromatic rings. The third-order valence-electron chi connectivity index (χ3n) is 4.31. The maximum absolute atomic E-state index is 13.0. The van der Waals surface area contributed by atoms with Gasteiger partial charge in [0.05, 0.1) is 0 Å². The van der Waals surface area contributed by atoms with Crippen molar-refractivity contribution in [3.05, 3.63) is 98.8 Å². The summed E-state index contributed by atoms with van der Waals surface area (Å²) in [4.78, 5) is 20.7. The number of carbonyl (C=O) groups is 1. The first kappa shape index (κ1) is 17.7. The first-order valence-corrected chi connectivity index (χ1v) is 9.92. The van der Waals surface area contributed by atoms with E-state index in [2.05, 4.69) is 16.4 Å². The molecule has 27 heavy (non-hydrogen) atoms. The van der Waals surface area contributed by atoms with Gasteiger partial charge in [0.2, 0.25) is 0 Å². The van der Waals surface area contributed by atoms with Crippen LogP contribution in [0.2, 0.25) is 5.02 Å². The highest BCUT2D eigenvalue weighted by molar-refractivity contribution is 7.09. The van der Waals surface area contributed by atoms with Gasteiger partial charge in [-0.1, -0.05) is 60.1 Å². The van der Waals surface area contributed by atoms with Gasteiger partial charge in [-0.25, -0.2) is 4.99 Å². The molecule has 0 aliphatic carbocycles. The molecular formula is C22H17ClN2OS. The smallest absolute Gasteiger partial charge is 0.278 e. The molecule has 0 atom stereocenters. The van der Waals surface area contributed by atoms with Crippen LogP contribution in [0, 0.1) is 0 Å². The van der Waals surface area contributed by atoms with E-state index >= 15 is 0 Å². The molecule has 0 fully saturated rings. The summed E-state index contributed by atoms with van der Waals surface area (Å²) in [7, 11) is 0. The molecule has 0 spiro atoms. The van der Waals surface area contributed by atoms with Crippen molar-refractivity contribution in [1.29, 1.82) is 0 Å². The minimum atomic E-state index is -0.0691. The second-order valence-electron chi connectivity index (χ2n) is 6.17. The Balaban J connectivity index is 1.66. The van der Waals surface area contributed by atoms with E-state index < -0.39 is 0 Å². The van der Waals surface area contributed by atoms with Crippen molar-refractivity contribution in [2.24, 2.45) is 4.99 Å². The third kappa shape index (κ3) is 4.02. The van der Waals surface area contributed by atoms with Crippen LogP contribution in [-0.4, -0.2) is 23.2 Å². The molecule has 4 rings (SSSR count). The van der Waals surface area contributed by atoms with Crippen molar-refractivity contribution in [3.63, 3.8) is 0 Å². The van der Waals surface area contributed by atoms with Crippen LogP contribution in [0.3, 0.4) is 0 Å². The molecule has 1 aliphatic heterocycles. The van der Waals surface area contributed by atoms with E-state index in [-0.39, 0.29) is 5.91 Å². The summed E-state index contributed by atoms with van der Waals surface area (Å²) < 4.78 is 0. The molecule has 0 unspecified atom stereocenters. The number of benzene rings is 2. The van der Waals surface area contributed by atoms with Crippen molar-refractivity contribution in [1.82, 2.24) is 4.90 Å². The molecular weight excluding hydrogens is 376 g/mol. The molecule has 0 saturated carbocycles. The summed E-state index contributed by atoms with van der Waals surface area (Å²) in [5, 5.41) is 2.72. The van der Waals surface area contributed by atoms with Crippen LogP contribution < -0.4 is 0 Å². The standard InChI is InChI=1S/C22H17ClN2OS/c23-18-10-8-16(9-11-18)15-20-22(26)25(13-12-19-7-4-14-27-19)21(24-20)17-5-2-1-3-6-17/h1-11,14-15H,12-13H2/b20-15+. The van der Waals surface area contributed by atoms with Gasteiger partial charge in [0, 0.05) is 22.0 Å². The number of nitrogens with zero attached hydrogens (tertiary/aromatic N) is 2. The summed E-state index contributed by atoms with van der Waals surface area (Å²) in [6, 6.07) is 21.4. The maximum atomic E-state index is 13.0. The monoisotopic (exact) mass is 392 g/mol. The molecule has 0 saturated heterocycles. The fraction of sp³-hybridized carbons (Fsp3) is 0.0909. The van der Waals surface area contributed by atoms with E-state index in [4.69, 9.17) is 11.6 Å². The van der Waals surface area contributed by atoms with Gasteiger partial charge in [-0.3, -0.25) is 9.69 Å². The highest BCUT2D eigenvalue weighted by atomic mass is 35.5. The van der Waals surface area contributed by atoms with E-state index in [1.807, 2.05) is 66.7 Å². The Morgan fingerprint density at radius 3 is 2.48 bits per heavy atom. The molecule has 3 nitrogen and oxygen atoms in total. The molecule has 0 radical (unpaired) electrons. The minimum Gasteiger partial charge on any atom is -0.290 e. The van der Waals surface area contributed by atoms with Crippen LogP contribution in [0.4, 0.5) is 0 Å². The van der Waals surface area contributed by atoms with Crippen LogP contribution in [-0.2, 0) is 11.2 Å². The van der Waals surface area contributed by atoms with Gasteiger partial charge < -0.3 is 0 Å². The van der Waals surface area contributed by atoms with Crippen molar-refractivity contribution in [3.8, 4) is 0 Å². The normalized spacial score (nSPS) is 15.4. The molecule has 0 bridgehead atoms. The molecule has 2 aromatic carbocycles. The summed E-state index contributed by atoms with van der Waals surface area (Å²) in [5.74, 6) is 0.637. The predicted molar refractivity (Wildman–Crippen MR) is 112 cm³/mol. The Morgan fingerprint density at radius 2 is 1.78 bits per heavy atom. The zero-order chi connectivity index (χ0) is 18.6. The zero-order valence-corrected chi connectivity index (χ0v) is 16.1. The second kappa shape index (κ2) is 7.91. The Labute approximate surface area is 167 Å².